The van der Waals surface area contributed by atoms with E-state index in [-0.39, 0.29) is 11.8 Å². The van der Waals surface area contributed by atoms with Crippen LogP contribution in [0.5, 0.6) is 0 Å². The van der Waals surface area contributed by atoms with Gasteiger partial charge in [-0.2, -0.15) is 0 Å². The van der Waals surface area contributed by atoms with E-state index in [1.807, 2.05) is 0 Å². The van der Waals surface area contributed by atoms with E-state index in [2.05, 4.69) is 22.5 Å². The van der Waals surface area contributed by atoms with Crippen molar-refractivity contribution in [1.82, 2.24) is 10.3 Å². The van der Waals surface area contributed by atoms with Crippen molar-refractivity contribution in [3.63, 3.8) is 0 Å². The first-order valence-corrected chi connectivity index (χ1v) is 7.02. The summed E-state index contributed by atoms with van der Waals surface area (Å²) in [5, 5.41) is 7.47. The molecule has 100 valence electrons. The van der Waals surface area contributed by atoms with Crippen LogP contribution in [0, 0.1) is 0 Å². The van der Waals surface area contributed by atoms with E-state index in [1.54, 1.807) is 5.38 Å². The Balaban J connectivity index is 2.33. The number of hydrogen-bond donors (Lipinski definition) is 2. The lowest BCUT2D eigenvalue weighted by Gasteiger charge is -2.02. The molecule has 0 bridgehead atoms. The molecule has 0 saturated carbocycles. The van der Waals surface area contributed by atoms with Crippen molar-refractivity contribution in [3.8, 4) is 0 Å². The van der Waals surface area contributed by atoms with E-state index in [1.165, 1.54) is 31.1 Å². The van der Waals surface area contributed by atoms with Gasteiger partial charge in [0.05, 0.1) is 0 Å². The fourth-order valence-corrected chi connectivity index (χ4v) is 2.17. The van der Waals surface area contributed by atoms with E-state index >= 15 is 0 Å². The van der Waals surface area contributed by atoms with E-state index in [0.717, 1.165) is 12.8 Å². The van der Waals surface area contributed by atoms with E-state index in [4.69, 9.17) is 0 Å². The van der Waals surface area contributed by atoms with Crippen LogP contribution in [0.3, 0.4) is 0 Å². The van der Waals surface area contributed by atoms with Gasteiger partial charge in [-0.05, 0) is 6.42 Å². The molecule has 0 fully saturated rings. The fraction of sp³-hybridized carbons (Fsp3) is 0.583. The molecule has 1 heterocycles. The molecule has 2 N–H and O–H groups in total. The molecule has 0 spiro atoms. The highest BCUT2D eigenvalue weighted by Crippen LogP contribution is 2.15. The van der Waals surface area contributed by atoms with Gasteiger partial charge in [-0.15, -0.1) is 11.3 Å². The first kappa shape index (κ1) is 14.6. The SMILES string of the molecule is CCCCCCNC(=O)c1csc(NC(C)=O)n1. The second-order valence-corrected chi connectivity index (χ2v) is 4.89. The Hall–Kier alpha value is -1.43. The Morgan fingerprint density at radius 2 is 2.11 bits per heavy atom. The molecule has 18 heavy (non-hydrogen) atoms. The van der Waals surface area contributed by atoms with Crippen molar-refractivity contribution >= 4 is 28.3 Å². The van der Waals surface area contributed by atoms with Gasteiger partial charge in [0.15, 0.2) is 5.13 Å². The topological polar surface area (TPSA) is 71.1 Å². The molecule has 0 atom stereocenters. The van der Waals surface area contributed by atoms with Gasteiger partial charge in [0.2, 0.25) is 5.91 Å². The Kier molecular flexibility index (Phi) is 6.35. The molecule has 6 heteroatoms. The van der Waals surface area contributed by atoms with Crippen molar-refractivity contribution in [2.45, 2.75) is 39.5 Å². The number of amides is 2. The Labute approximate surface area is 111 Å². The van der Waals surface area contributed by atoms with Crippen molar-refractivity contribution < 1.29 is 9.59 Å². The number of unbranched alkanes of at least 4 members (excludes halogenated alkanes) is 3. The molecule has 5 nitrogen and oxygen atoms in total. The molecular formula is C12H19N3O2S. The summed E-state index contributed by atoms with van der Waals surface area (Å²) in [5.41, 5.74) is 0.360. The van der Waals surface area contributed by atoms with Gasteiger partial charge in [-0.25, -0.2) is 4.98 Å². The lowest BCUT2D eigenvalue weighted by molar-refractivity contribution is -0.114. The highest BCUT2D eigenvalue weighted by molar-refractivity contribution is 7.14. The molecule has 0 unspecified atom stereocenters. The average molecular weight is 269 g/mol. The number of thiazole rings is 1. The van der Waals surface area contributed by atoms with Crippen molar-refractivity contribution in [2.75, 3.05) is 11.9 Å². The predicted molar refractivity (Wildman–Crippen MR) is 72.9 cm³/mol. The molecule has 0 aliphatic heterocycles. The normalized spacial score (nSPS) is 10.1. The highest BCUT2D eigenvalue weighted by Gasteiger charge is 2.10. The van der Waals surface area contributed by atoms with Gasteiger partial charge < -0.3 is 10.6 Å². The van der Waals surface area contributed by atoms with Gasteiger partial charge in [0.25, 0.3) is 5.91 Å². The smallest absolute Gasteiger partial charge is 0.270 e. The third-order valence-electron chi connectivity index (χ3n) is 2.34. The van der Waals surface area contributed by atoms with Gasteiger partial charge in [-0.1, -0.05) is 26.2 Å². The van der Waals surface area contributed by atoms with Crippen LogP contribution in [0.25, 0.3) is 0 Å². The van der Waals surface area contributed by atoms with E-state index < -0.39 is 0 Å². The number of rotatable bonds is 7. The standard InChI is InChI=1S/C12H19N3O2S/c1-3-4-5-6-7-13-11(17)10-8-18-12(15-10)14-9(2)16/h8H,3-7H2,1-2H3,(H,13,17)(H,14,15,16). The number of aromatic nitrogens is 1. The maximum absolute atomic E-state index is 11.7. The van der Waals surface area contributed by atoms with Crippen LogP contribution in [-0.4, -0.2) is 23.3 Å². The maximum Gasteiger partial charge on any atom is 0.270 e. The van der Waals surface area contributed by atoms with Crippen LogP contribution in [0.4, 0.5) is 5.13 Å². The van der Waals surface area contributed by atoms with Gasteiger partial charge in [-0.3, -0.25) is 9.59 Å². The number of nitrogens with one attached hydrogen (secondary N) is 2. The largest absolute Gasteiger partial charge is 0.351 e. The number of hydrogen-bond acceptors (Lipinski definition) is 4. The monoisotopic (exact) mass is 269 g/mol. The first-order chi connectivity index (χ1) is 8.63. The van der Waals surface area contributed by atoms with E-state index in [9.17, 15) is 9.59 Å². The molecule has 0 aromatic carbocycles. The minimum atomic E-state index is -0.184. The van der Waals surface area contributed by atoms with Crippen molar-refractivity contribution in [1.29, 1.82) is 0 Å². The van der Waals surface area contributed by atoms with Crippen LogP contribution in [-0.2, 0) is 4.79 Å². The summed E-state index contributed by atoms with van der Waals surface area (Å²) in [6.07, 6.45) is 4.49. The molecule has 0 saturated heterocycles. The molecule has 0 aliphatic rings. The summed E-state index contributed by atoms with van der Waals surface area (Å²) in [4.78, 5) is 26.6. The molecule has 2 amide bonds. The molecule has 1 aromatic rings. The highest BCUT2D eigenvalue weighted by atomic mass is 32.1. The molecule has 1 aromatic heterocycles. The molecule has 0 radical (unpaired) electrons. The second kappa shape index (κ2) is 7.81. The predicted octanol–water partition coefficient (Wildman–Crippen LogP) is 2.41. The van der Waals surface area contributed by atoms with Gasteiger partial charge in [0.1, 0.15) is 5.69 Å². The number of carbonyl (C=O) groups is 2. The van der Waals surface area contributed by atoms with Gasteiger partial charge >= 0.3 is 0 Å². The zero-order valence-corrected chi connectivity index (χ0v) is 11.6. The Morgan fingerprint density at radius 3 is 2.78 bits per heavy atom. The maximum atomic E-state index is 11.7. The van der Waals surface area contributed by atoms with Crippen LogP contribution in [0.1, 0.15) is 50.0 Å². The van der Waals surface area contributed by atoms with E-state index in [0.29, 0.717) is 17.4 Å². The zero-order valence-electron chi connectivity index (χ0n) is 10.8. The third-order valence-corrected chi connectivity index (χ3v) is 3.09. The minimum absolute atomic E-state index is 0.181. The average Bonchev–Trinajstić information content (AvgIpc) is 2.76. The summed E-state index contributed by atoms with van der Waals surface area (Å²) >= 11 is 1.25. The second-order valence-electron chi connectivity index (χ2n) is 4.04. The van der Waals surface area contributed by atoms with Crippen LogP contribution >= 0.6 is 11.3 Å². The lowest BCUT2D eigenvalue weighted by atomic mass is 10.2. The summed E-state index contributed by atoms with van der Waals surface area (Å²) < 4.78 is 0. The molecule has 1 rings (SSSR count). The zero-order chi connectivity index (χ0) is 13.4. The van der Waals surface area contributed by atoms with Crippen LogP contribution in [0.15, 0.2) is 5.38 Å². The Morgan fingerprint density at radius 1 is 1.33 bits per heavy atom. The summed E-state index contributed by atoms with van der Waals surface area (Å²) in [5.74, 6) is -0.366. The number of nitrogens with zero attached hydrogens (tertiary/aromatic N) is 1. The van der Waals surface area contributed by atoms with Crippen molar-refractivity contribution in [2.24, 2.45) is 0 Å². The number of anilines is 1. The Bertz CT molecular complexity index is 404. The van der Waals surface area contributed by atoms with Crippen molar-refractivity contribution in [3.05, 3.63) is 11.1 Å². The number of carbonyl (C=O) groups excluding carboxylic acids is 2. The summed E-state index contributed by atoms with van der Waals surface area (Å²) in [7, 11) is 0. The lowest BCUT2D eigenvalue weighted by Crippen LogP contribution is -2.24. The minimum Gasteiger partial charge on any atom is -0.351 e. The fourth-order valence-electron chi connectivity index (χ4n) is 1.43. The van der Waals surface area contributed by atoms with Gasteiger partial charge in [0, 0.05) is 18.8 Å². The summed E-state index contributed by atoms with van der Waals surface area (Å²) in [6.45, 7) is 4.23. The molecular weight excluding hydrogens is 250 g/mol. The quantitative estimate of drug-likeness (QED) is 0.747. The van der Waals surface area contributed by atoms with Crippen LogP contribution < -0.4 is 10.6 Å². The third kappa shape index (κ3) is 5.27. The van der Waals surface area contributed by atoms with Crippen LogP contribution in [0.2, 0.25) is 0 Å². The first-order valence-electron chi connectivity index (χ1n) is 6.14. The molecule has 0 aliphatic carbocycles. The summed E-state index contributed by atoms with van der Waals surface area (Å²) in [6, 6.07) is 0.